The van der Waals surface area contributed by atoms with Crippen LogP contribution < -0.4 is 4.74 Å². The van der Waals surface area contributed by atoms with Gasteiger partial charge in [0.25, 0.3) is 0 Å². The van der Waals surface area contributed by atoms with Crippen LogP contribution in [0.4, 0.5) is 0 Å². The average Bonchev–Trinajstić information content (AvgIpc) is 3.32. The largest absolute Gasteiger partial charge is 0.488 e. The highest BCUT2D eigenvalue weighted by Gasteiger charge is 2.19. The van der Waals surface area contributed by atoms with E-state index < -0.39 is 0 Å². The van der Waals surface area contributed by atoms with Gasteiger partial charge in [0, 0.05) is 40.4 Å². The summed E-state index contributed by atoms with van der Waals surface area (Å²) in [5.41, 5.74) is 9.08. The van der Waals surface area contributed by atoms with Crippen LogP contribution in [0.2, 0.25) is 0 Å². The van der Waals surface area contributed by atoms with Gasteiger partial charge in [-0.25, -0.2) is 0 Å². The van der Waals surface area contributed by atoms with Crippen molar-refractivity contribution < 1.29 is 9.53 Å². The van der Waals surface area contributed by atoms with Crippen LogP contribution in [0.1, 0.15) is 48.6 Å². The number of thiophene rings is 1. The number of hydrogen-bond donors (Lipinski definition) is 0. The first-order chi connectivity index (χ1) is 16.4. The lowest BCUT2D eigenvalue weighted by atomic mass is 9.92. The SMILES string of the molecule is CC.CC(=O)Cc1cncc(-c2sccc2-c2c(OCc3ccccc3)cc(C)c(C)c2C)c1. The molecule has 0 radical (unpaired) electrons. The molecule has 34 heavy (non-hydrogen) atoms. The van der Waals surface area contributed by atoms with Crippen LogP contribution in [-0.4, -0.2) is 10.8 Å². The van der Waals surface area contributed by atoms with Crippen molar-refractivity contribution in [3.05, 3.63) is 94.1 Å². The molecule has 3 nitrogen and oxygen atoms in total. The Balaban J connectivity index is 0.00000158. The Morgan fingerprint density at radius 1 is 0.941 bits per heavy atom. The van der Waals surface area contributed by atoms with Crippen LogP contribution in [-0.2, 0) is 17.8 Å². The number of pyridine rings is 1. The minimum absolute atomic E-state index is 0.136. The summed E-state index contributed by atoms with van der Waals surface area (Å²) < 4.78 is 6.38. The van der Waals surface area contributed by atoms with Crippen LogP contribution >= 0.6 is 11.3 Å². The second-order valence-corrected chi connectivity index (χ2v) is 9.13. The Morgan fingerprint density at radius 3 is 2.38 bits per heavy atom. The van der Waals surface area contributed by atoms with E-state index in [2.05, 4.69) is 61.5 Å². The molecule has 2 aromatic heterocycles. The maximum absolute atomic E-state index is 11.6. The Hall–Kier alpha value is -3.24. The molecule has 0 aliphatic rings. The number of nitrogens with zero attached hydrogens (tertiary/aromatic N) is 1. The summed E-state index contributed by atoms with van der Waals surface area (Å²) in [4.78, 5) is 17.1. The third kappa shape index (κ3) is 5.81. The molecule has 0 bridgehead atoms. The van der Waals surface area contributed by atoms with Gasteiger partial charge in [0.15, 0.2) is 0 Å². The van der Waals surface area contributed by atoms with E-state index in [4.69, 9.17) is 4.74 Å². The molecule has 0 saturated heterocycles. The van der Waals surface area contributed by atoms with Crippen molar-refractivity contribution in [3.8, 4) is 27.3 Å². The predicted molar refractivity (Wildman–Crippen MR) is 144 cm³/mol. The van der Waals surface area contributed by atoms with Gasteiger partial charge in [0.2, 0.25) is 0 Å². The minimum atomic E-state index is 0.136. The molecule has 4 heteroatoms. The van der Waals surface area contributed by atoms with Crippen LogP contribution in [0.25, 0.3) is 21.6 Å². The van der Waals surface area contributed by atoms with E-state index in [1.165, 1.54) is 16.7 Å². The molecular formula is C30H33NO2S. The highest BCUT2D eigenvalue weighted by molar-refractivity contribution is 7.14. The number of rotatable bonds is 7. The number of benzene rings is 2. The Bertz CT molecular complexity index is 1260. The maximum Gasteiger partial charge on any atom is 0.134 e. The van der Waals surface area contributed by atoms with Crippen LogP contribution in [0.15, 0.2) is 66.3 Å². The maximum atomic E-state index is 11.6. The van der Waals surface area contributed by atoms with E-state index in [1.54, 1.807) is 24.5 Å². The molecule has 2 aromatic carbocycles. The van der Waals surface area contributed by atoms with Gasteiger partial charge in [-0.15, -0.1) is 11.3 Å². The van der Waals surface area contributed by atoms with Gasteiger partial charge in [-0.2, -0.15) is 0 Å². The molecule has 0 aliphatic carbocycles. The predicted octanol–water partition coefficient (Wildman–Crippen LogP) is 8.14. The quantitative estimate of drug-likeness (QED) is 0.273. The molecule has 4 aromatic rings. The number of hydrogen-bond acceptors (Lipinski definition) is 4. The second kappa shape index (κ2) is 11.8. The summed E-state index contributed by atoms with van der Waals surface area (Å²) in [6.07, 6.45) is 4.04. The van der Waals surface area contributed by atoms with Crippen LogP contribution in [0, 0.1) is 20.8 Å². The van der Waals surface area contributed by atoms with Crippen molar-refractivity contribution in [2.45, 2.75) is 54.6 Å². The molecule has 0 amide bonds. The van der Waals surface area contributed by atoms with Crippen molar-refractivity contribution in [1.82, 2.24) is 4.98 Å². The zero-order valence-electron chi connectivity index (χ0n) is 20.9. The van der Waals surface area contributed by atoms with Gasteiger partial charge < -0.3 is 4.74 Å². The molecule has 0 spiro atoms. The van der Waals surface area contributed by atoms with Gasteiger partial charge >= 0.3 is 0 Å². The molecule has 0 unspecified atom stereocenters. The first-order valence-electron chi connectivity index (χ1n) is 11.7. The number of aryl methyl sites for hydroxylation is 1. The van der Waals surface area contributed by atoms with Crippen molar-refractivity contribution in [2.75, 3.05) is 0 Å². The van der Waals surface area contributed by atoms with Gasteiger partial charge in [-0.1, -0.05) is 44.2 Å². The second-order valence-electron chi connectivity index (χ2n) is 8.21. The molecule has 0 atom stereocenters. The normalized spacial score (nSPS) is 10.4. The van der Waals surface area contributed by atoms with E-state index in [9.17, 15) is 4.79 Å². The Labute approximate surface area is 207 Å². The number of aromatic nitrogens is 1. The van der Waals surface area contributed by atoms with Gasteiger partial charge in [-0.3, -0.25) is 9.78 Å². The van der Waals surface area contributed by atoms with E-state index in [-0.39, 0.29) is 5.78 Å². The lowest BCUT2D eigenvalue weighted by Gasteiger charge is -2.19. The summed E-state index contributed by atoms with van der Waals surface area (Å²) in [7, 11) is 0. The monoisotopic (exact) mass is 471 g/mol. The molecule has 176 valence electrons. The van der Waals surface area contributed by atoms with E-state index >= 15 is 0 Å². The van der Waals surface area contributed by atoms with E-state index in [0.29, 0.717) is 13.0 Å². The van der Waals surface area contributed by atoms with Crippen LogP contribution in [0.5, 0.6) is 5.75 Å². The summed E-state index contributed by atoms with van der Waals surface area (Å²) >= 11 is 1.69. The molecule has 0 fully saturated rings. The van der Waals surface area contributed by atoms with Crippen molar-refractivity contribution in [2.24, 2.45) is 0 Å². The Morgan fingerprint density at radius 2 is 1.68 bits per heavy atom. The van der Waals surface area contributed by atoms with E-state index in [1.807, 2.05) is 38.2 Å². The van der Waals surface area contributed by atoms with E-state index in [0.717, 1.165) is 38.4 Å². The smallest absolute Gasteiger partial charge is 0.134 e. The fraction of sp³-hybridized carbons (Fsp3) is 0.267. The highest BCUT2D eigenvalue weighted by atomic mass is 32.1. The third-order valence-corrected chi connectivity index (χ3v) is 6.77. The number of ketones is 1. The molecule has 4 rings (SSSR count). The molecular weight excluding hydrogens is 438 g/mol. The van der Waals surface area contributed by atoms with Crippen molar-refractivity contribution >= 4 is 17.1 Å². The Kier molecular flexibility index (Phi) is 8.78. The zero-order valence-corrected chi connectivity index (χ0v) is 21.8. The fourth-order valence-electron chi connectivity index (χ4n) is 3.95. The molecule has 0 aliphatic heterocycles. The minimum Gasteiger partial charge on any atom is -0.488 e. The van der Waals surface area contributed by atoms with Gasteiger partial charge in [-0.05, 0) is 79.1 Å². The number of carbonyl (C=O) groups is 1. The third-order valence-electron chi connectivity index (χ3n) is 5.80. The summed E-state index contributed by atoms with van der Waals surface area (Å²) in [6.45, 7) is 12.6. The number of Topliss-reactive ketones (excluding diaryl/α,β-unsaturated/α-hetero) is 1. The number of ether oxygens (including phenoxy) is 1. The topological polar surface area (TPSA) is 39.2 Å². The standard InChI is InChI=1S/C28H27NO2S.C2H6/c1-18-12-26(31-17-22-8-6-5-7-9-22)27(21(4)20(18)3)25-10-11-32-28(25)24-14-23(13-19(2)30)15-29-16-24;1-2/h5-12,14-16H,13,17H2,1-4H3;1-2H3. The lowest BCUT2D eigenvalue weighted by Crippen LogP contribution is -2.01. The summed E-state index contributed by atoms with van der Waals surface area (Å²) in [5.74, 6) is 1.03. The summed E-state index contributed by atoms with van der Waals surface area (Å²) in [5, 5.41) is 2.11. The first kappa shape index (κ1) is 25.4. The molecule has 0 saturated carbocycles. The number of carbonyl (C=O) groups excluding carboxylic acids is 1. The molecule has 2 heterocycles. The van der Waals surface area contributed by atoms with Crippen molar-refractivity contribution in [1.29, 1.82) is 0 Å². The lowest BCUT2D eigenvalue weighted by molar-refractivity contribution is -0.116. The average molecular weight is 472 g/mol. The zero-order chi connectivity index (χ0) is 24.7. The van der Waals surface area contributed by atoms with Gasteiger partial charge in [0.1, 0.15) is 18.1 Å². The highest BCUT2D eigenvalue weighted by Crippen LogP contribution is 2.44. The molecule has 0 N–H and O–H groups in total. The van der Waals surface area contributed by atoms with Gasteiger partial charge in [0.05, 0.1) is 0 Å². The first-order valence-corrected chi connectivity index (χ1v) is 12.6. The van der Waals surface area contributed by atoms with Crippen LogP contribution in [0.3, 0.4) is 0 Å². The fourth-order valence-corrected chi connectivity index (χ4v) is 4.84. The van der Waals surface area contributed by atoms with Crippen molar-refractivity contribution in [3.63, 3.8) is 0 Å². The summed E-state index contributed by atoms with van der Waals surface area (Å²) in [6, 6.07) is 16.6.